The van der Waals surface area contributed by atoms with E-state index in [1.165, 1.54) is 25.7 Å². The van der Waals surface area contributed by atoms with Gasteiger partial charge in [0, 0.05) is 39.5 Å². The molecule has 2 aliphatic rings. The third-order valence-corrected chi connectivity index (χ3v) is 5.12. The van der Waals surface area contributed by atoms with Gasteiger partial charge in [-0.3, -0.25) is 9.59 Å². The topological polar surface area (TPSA) is 40.6 Å². The highest BCUT2D eigenvalue weighted by Crippen LogP contribution is 2.27. The van der Waals surface area contributed by atoms with Crippen LogP contribution in [-0.2, 0) is 9.59 Å². The predicted molar refractivity (Wildman–Crippen MR) is 83.8 cm³/mol. The number of carbonyl (C=O) groups is 2. The fourth-order valence-electron chi connectivity index (χ4n) is 3.81. The second-order valence-electron chi connectivity index (χ2n) is 6.75. The maximum atomic E-state index is 11.8. The Morgan fingerprint density at radius 1 is 0.952 bits per heavy atom. The molecule has 4 nitrogen and oxygen atoms in total. The zero-order chi connectivity index (χ0) is 15.2. The van der Waals surface area contributed by atoms with Crippen LogP contribution in [-0.4, -0.2) is 47.8 Å². The third kappa shape index (κ3) is 4.72. The molecule has 0 aromatic carbocycles. The van der Waals surface area contributed by atoms with Crippen LogP contribution in [0, 0.1) is 11.8 Å². The van der Waals surface area contributed by atoms with Gasteiger partial charge in [-0.2, -0.15) is 0 Å². The predicted octanol–water partition coefficient (Wildman–Crippen LogP) is 2.67. The van der Waals surface area contributed by atoms with Gasteiger partial charge in [-0.25, -0.2) is 0 Å². The minimum Gasteiger partial charge on any atom is -0.343 e. The molecule has 2 unspecified atom stereocenters. The SMILES string of the molecule is CCC(=O)N1CCCC(CCC2CCCN(C(C)=O)C2)C1. The summed E-state index contributed by atoms with van der Waals surface area (Å²) in [6, 6.07) is 0. The molecule has 2 fully saturated rings. The van der Waals surface area contributed by atoms with Crippen molar-refractivity contribution in [3.8, 4) is 0 Å². The maximum Gasteiger partial charge on any atom is 0.222 e. The summed E-state index contributed by atoms with van der Waals surface area (Å²) in [5, 5.41) is 0. The molecule has 0 aromatic rings. The van der Waals surface area contributed by atoms with Crippen molar-refractivity contribution in [3.05, 3.63) is 0 Å². The van der Waals surface area contributed by atoms with Crippen molar-refractivity contribution in [2.45, 2.75) is 58.8 Å². The van der Waals surface area contributed by atoms with Crippen LogP contribution in [0.3, 0.4) is 0 Å². The largest absolute Gasteiger partial charge is 0.343 e. The molecule has 0 radical (unpaired) electrons. The van der Waals surface area contributed by atoms with Crippen LogP contribution < -0.4 is 0 Å². The number of hydrogen-bond donors (Lipinski definition) is 0. The number of rotatable bonds is 4. The molecular weight excluding hydrogens is 264 g/mol. The van der Waals surface area contributed by atoms with Crippen LogP contribution in [0.5, 0.6) is 0 Å². The highest BCUT2D eigenvalue weighted by molar-refractivity contribution is 5.75. The number of carbonyl (C=O) groups excluding carboxylic acids is 2. The van der Waals surface area contributed by atoms with Crippen molar-refractivity contribution < 1.29 is 9.59 Å². The molecular formula is C17H30N2O2. The molecule has 0 N–H and O–H groups in total. The maximum absolute atomic E-state index is 11.8. The van der Waals surface area contributed by atoms with Gasteiger partial charge in [-0.05, 0) is 50.4 Å². The number of nitrogens with zero attached hydrogens (tertiary/aromatic N) is 2. The molecule has 0 aromatic heterocycles. The lowest BCUT2D eigenvalue weighted by molar-refractivity contribution is -0.133. The van der Waals surface area contributed by atoms with E-state index >= 15 is 0 Å². The van der Waals surface area contributed by atoms with Gasteiger partial charge in [0.25, 0.3) is 0 Å². The summed E-state index contributed by atoms with van der Waals surface area (Å²) in [5.41, 5.74) is 0. The van der Waals surface area contributed by atoms with Gasteiger partial charge >= 0.3 is 0 Å². The molecule has 2 aliphatic heterocycles. The zero-order valence-electron chi connectivity index (χ0n) is 13.6. The molecule has 2 amide bonds. The molecule has 21 heavy (non-hydrogen) atoms. The molecule has 2 rings (SSSR count). The van der Waals surface area contributed by atoms with Crippen LogP contribution in [0.2, 0.25) is 0 Å². The lowest BCUT2D eigenvalue weighted by Gasteiger charge is -2.35. The van der Waals surface area contributed by atoms with Gasteiger partial charge in [-0.15, -0.1) is 0 Å². The summed E-state index contributed by atoms with van der Waals surface area (Å²) < 4.78 is 0. The van der Waals surface area contributed by atoms with E-state index in [-0.39, 0.29) is 5.91 Å². The average Bonchev–Trinajstić information content (AvgIpc) is 2.52. The first-order chi connectivity index (χ1) is 10.1. The Morgan fingerprint density at radius 2 is 1.48 bits per heavy atom. The van der Waals surface area contributed by atoms with Crippen LogP contribution in [0.4, 0.5) is 0 Å². The van der Waals surface area contributed by atoms with Gasteiger partial charge in [0.1, 0.15) is 0 Å². The Balaban J connectivity index is 1.74. The lowest BCUT2D eigenvalue weighted by atomic mass is 9.86. The van der Waals surface area contributed by atoms with E-state index in [9.17, 15) is 9.59 Å². The van der Waals surface area contributed by atoms with E-state index < -0.39 is 0 Å². The van der Waals surface area contributed by atoms with Crippen molar-refractivity contribution in [2.24, 2.45) is 11.8 Å². The smallest absolute Gasteiger partial charge is 0.222 e. The van der Waals surface area contributed by atoms with Crippen molar-refractivity contribution in [3.63, 3.8) is 0 Å². The van der Waals surface area contributed by atoms with E-state index in [4.69, 9.17) is 0 Å². The monoisotopic (exact) mass is 294 g/mol. The molecule has 0 saturated carbocycles. The number of piperidine rings is 2. The summed E-state index contributed by atoms with van der Waals surface area (Å²) in [6.07, 6.45) is 7.87. The van der Waals surface area contributed by atoms with Crippen molar-refractivity contribution in [1.29, 1.82) is 0 Å². The molecule has 0 spiro atoms. The van der Waals surface area contributed by atoms with E-state index in [1.807, 2.05) is 11.8 Å². The van der Waals surface area contributed by atoms with E-state index in [2.05, 4.69) is 4.90 Å². The van der Waals surface area contributed by atoms with Gasteiger partial charge < -0.3 is 9.80 Å². The number of amides is 2. The van der Waals surface area contributed by atoms with Crippen molar-refractivity contribution >= 4 is 11.8 Å². The van der Waals surface area contributed by atoms with Gasteiger partial charge in [0.05, 0.1) is 0 Å². The van der Waals surface area contributed by atoms with Crippen LogP contribution >= 0.6 is 0 Å². The molecule has 4 heteroatoms. The van der Waals surface area contributed by atoms with Crippen LogP contribution in [0.15, 0.2) is 0 Å². The van der Waals surface area contributed by atoms with Gasteiger partial charge in [-0.1, -0.05) is 6.92 Å². The zero-order valence-corrected chi connectivity index (χ0v) is 13.6. The van der Waals surface area contributed by atoms with Crippen LogP contribution in [0.25, 0.3) is 0 Å². The fraction of sp³-hybridized carbons (Fsp3) is 0.882. The molecule has 2 heterocycles. The first-order valence-corrected chi connectivity index (χ1v) is 8.63. The Bertz CT molecular complexity index is 370. The normalized spacial score (nSPS) is 26.8. The number of hydrogen-bond acceptors (Lipinski definition) is 2. The highest BCUT2D eigenvalue weighted by Gasteiger charge is 2.25. The van der Waals surface area contributed by atoms with Crippen LogP contribution in [0.1, 0.15) is 58.8 Å². The second-order valence-corrected chi connectivity index (χ2v) is 6.75. The second kappa shape index (κ2) is 7.81. The molecule has 0 bridgehead atoms. The molecule has 0 aliphatic carbocycles. The molecule has 120 valence electrons. The van der Waals surface area contributed by atoms with Gasteiger partial charge in [0.15, 0.2) is 0 Å². The summed E-state index contributed by atoms with van der Waals surface area (Å²) in [6.45, 7) is 7.41. The first kappa shape index (κ1) is 16.3. The van der Waals surface area contributed by atoms with E-state index in [0.717, 1.165) is 39.0 Å². The summed E-state index contributed by atoms with van der Waals surface area (Å²) in [4.78, 5) is 27.4. The Labute approximate surface area is 128 Å². The average molecular weight is 294 g/mol. The van der Waals surface area contributed by atoms with E-state index in [1.54, 1.807) is 6.92 Å². The summed E-state index contributed by atoms with van der Waals surface area (Å²) in [5.74, 6) is 1.86. The Kier molecular flexibility index (Phi) is 6.07. The van der Waals surface area contributed by atoms with Crippen molar-refractivity contribution in [1.82, 2.24) is 9.80 Å². The highest BCUT2D eigenvalue weighted by atomic mass is 16.2. The van der Waals surface area contributed by atoms with Gasteiger partial charge in [0.2, 0.25) is 11.8 Å². The summed E-state index contributed by atoms with van der Waals surface area (Å²) >= 11 is 0. The third-order valence-electron chi connectivity index (χ3n) is 5.12. The Morgan fingerprint density at radius 3 is 2.00 bits per heavy atom. The van der Waals surface area contributed by atoms with Crippen molar-refractivity contribution in [2.75, 3.05) is 26.2 Å². The number of likely N-dealkylation sites (tertiary alicyclic amines) is 2. The quantitative estimate of drug-likeness (QED) is 0.800. The minimum absolute atomic E-state index is 0.220. The minimum atomic E-state index is 0.220. The fourth-order valence-corrected chi connectivity index (χ4v) is 3.81. The first-order valence-electron chi connectivity index (χ1n) is 8.63. The Hall–Kier alpha value is -1.06. The summed E-state index contributed by atoms with van der Waals surface area (Å²) in [7, 11) is 0. The lowest BCUT2D eigenvalue weighted by Crippen LogP contribution is -2.40. The molecule has 2 saturated heterocycles. The standard InChI is InChI=1S/C17H30N2O2/c1-3-17(21)19-11-5-7-16(13-19)9-8-15-6-4-10-18(12-15)14(2)20/h15-16H,3-13H2,1-2H3. The van der Waals surface area contributed by atoms with E-state index in [0.29, 0.717) is 24.2 Å². The molecule has 2 atom stereocenters.